The van der Waals surface area contributed by atoms with E-state index in [0.29, 0.717) is 0 Å². The molecule has 1 heterocycles. The summed E-state index contributed by atoms with van der Waals surface area (Å²) in [5.41, 5.74) is 0. The van der Waals surface area contributed by atoms with Gasteiger partial charge in [0.15, 0.2) is 0 Å². The minimum Gasteiger partial charge on any atom is -0.316 e. The molecule has 1 atom stereocenters. The van der Waals surface area contributed by atoms with Crippen LogP contribution in [-0.2, 0) is 0 Å². The molecule has 1 nitrogen and oxygen atoms in total. The zero-order valence-electron chi connectivity index (χ0n) is 7.51. The molecule has 0 aromatic carbocycles. The van der Waals surface area contributed by atoms with Gasteiger partial charge in [0.05, 0.1) is 0 Å². The summed E-state index contributed by atoms with van der Waals surface area (Å²) in [7, 11) is 0. The summed E-state index contributed by atoms with van der Waals surface area (Å²) in [6.07, 6.45) is 9.98. The third-order valence-electron chi connectivity index (χ3n) is 2.07. The first-order valence-corrected chi connectivity index (χ1v) is 5.74. The molecule has 0 aliphatic carbocycles. The van der Waals surface area contributed by atoms with Gasteiger partial charge in [-0.2, -0.15) is 11.8 Å². The number of rotatable bonds is 5. The average molecular weight is 183 g/mol. The van der Waals surface area contributed by atoms with E-state index in [2.05, 4.69) is 23.0 Å². The maximum Gasteiger partial charge on any atom is 0.0172 e. The van der Waals surface area contributed by atoms with E-state index < -0.39 is 0 Å². The van der Waals surface area contributed by atoms with Gasteiger partial charge < -0.3 is 5.32 Å². The Kier molecular flexibility index (Phi) is 5.30. The molecule has 2 heteroatoms. The van der Waals surface area contributed by atoms with Crippen molar-refractivity contribution in [3.05, 3.63) is 0 Å². The zero-order chi connectivity index (χ0) is 8.65. The maximum atomic E-state index is 5.15. The van der Waals surface area contributed by atoms with Crippen LogP contribution in [0.15, 0.2) is 0 Å². The Bertz CT molecular complexity index is 144. The molecule has 1 unspecified atom stereocenters. The number of nitrogens with one attached hydrogen (secondary N) is 1. The van der Waals surface area contributed by atoms with Crippen LogP contribution in [0.2, 0.25) is 0 Å². The molecule has 0 saturated carbocycles. The van der Waals surface area contributed by atoms with Crippen molar-refractivity contribution in [2.24, 2.45) is 0 Å². The molecule has 0 amide bonds. The predicted octanol–water partition coefficient (Wildman–Crippen LogP) is 1.89. The molecule has 68 valence electrons. The summed E-state index contributed by atoms with van der Waals surface area (Å²) in [4.78, 5) is 0. The van der Waals surface area contributed by atoms with Crippen LogP contribution in [0.25, 0.3) is 0 Å². The molecule has 1 rings (SSSR count). The highest BCUT2D eigenvalue weighted by Crippen LogP contribution is 2.25. The van der Waals surface area contributed by atoms with Crippen molar-refractivity contribution in [3.63, 3.8) is 0 Å². The van der Waals surface area contributed by atoms with Gasteiger partial charge in [-0.3, -0.25) is 0 Å². The van der Waals surface area contributed by atoms with E-state index in [4.69, 9.17) is 6.42 Å². The number of hydrogen-bond acceptors (Lipinski definition) is 2. The Morgan fingerprint density at radius 1 is 1.58 bits per heavy atom. The third kappa shape index (κ3) is 4.04. The van der Waals surface area contributed by atoms with Crippen LogP contribution in [0.4, 0.5) is 0 Å². The van der Waals surface area contributed by atoms with Crippen LogP contribution in [0.5, 0.6) is 0 Å². The third-order valence-corrected chi connectivity index (χ3v) is 3.47. The molecule has 0 aromatic rings. The van der Waals surface area contributed by atoms with E-state index in [9.17, 15) is 0 Å². The van der Waals surface area contributed by atoms with E-state index in [1.165, 1.54) is 25.1 Å². The van der Waals surface area contributed by atoms with Gasteiger partial charge in [0.25, 0.3) is 0 Å². The number of thioether (sulfide) groups is 1. The summed E-state index contributed by atoms with van der Waals surface area (Å²) in [5.74, 6) is 4.01. The van der Waals surface area contributed by atoms with E-state index >= 15 is 0 Å². The van der Waals surface area contributed by atoms with Crippen molar-refractivity contribution < 1.29 is 0 Å². The number of terminal acetylenes is 1. The van der Waals surface area contributed by atoms with Crippen molar-refractivity contribution in [2.45, 2.75) is 30.9 Å². The summed E-state index contributed by atoms with van der Waals surface area (Å²) in [6, 6.07) is 0. The second-order valence-corrected chi connectivity index (χ2v) is 4.56. The van der Waals surface area contributed by atoms with Gasteiger partial charge in [0, 0.05) is 18.2 Å². The highest BCUT2D eigenvalue weighted by molar-refractivity contribution is 8.00. The lowest BCUT2D eigenvalue weighted by Crippen LogP contribution is -2.23. The predicted molar refractivity (Wildman–Crippen MR) is 56.4 cm³/mol. The molecule has 0 spiro atoms. The molecular weight excluding hydrogens is 166 g/mol. The smallest absolute Gasteiger partial charge is 0.0172 e. The quantitative estimate of drug-likeness (QED) is 0.516. The van der Waals surface area contributed by atoms with E-state index in [1.807, 2.05) is 0 Å². The largest absolute Gasteiger partial charge is 0.316 e. The molecule has 1 aliphatic rings. The fraction of sp³-hybridized carbons (Fsp3) is 0.800. The fourth-order valence-electron chi connectivity index (χ4n) is 1.38. The summed E-state index contributed by atoms with van der Waals surface area (Å²) in [6.45, 7) is 2.26. The molecular formula is C10H17NS. The lowest BCUT2D eigenvalue weighted by Gasteiger charge is -2.08. The summed E-state index contributed by atoms with van der Waals surface area (Å²) < 4.78 is 0. The van der Waals surface area contributed by atoms with Crippen molar-refractivity contribution in [2.75, 3.05) is 18.8 Å². The Hall–Kier alpha value is -0.130. The number of unbranched alkanes of at least 4 members (excludes halogenated alkanes) is 1. The first-order valence-electron chi connectivity index (χ1n) is 4.69. The van der Waals surface area contributed by atoms with Crippen LogP contribution < -0.4 is 5.32 Å². The van der Waals surface area contributed by atoms with Crippen molar-refractivity contribution in [1.29, 1.82) is 0 Å². The molecule has 12 heavy (non-hydrogen) atoms. The first kappa shape index (κ1) is 9.95. The molecule has 1 aliphatic heterocycles. The second-order valence-electron chi connectivity index (χ2n) is 3.15. The van der Waals surface area contributed by atoms with Crippen LogP contribution in [0.3, 0.4) is 0 Å². The van der Waals surface area contributed by atoms with Gasteiger partial charge in [-0.1, -0.05) is 0 Å². The Labute approximate surface area is 79.7 Å². The van der Waals surface area contributed by atoms with E-state index in [-0.39, 0.29) is 0 Å². The number of hydrogen-bond donors (Lipinski definition) is 1. The highest BCUT2D eigenvalue weighted by atomic mass is 32.2. The highest BCUT2D eigenvalue weighted by Gasteiger charge is 2.13. The second kappa shape index (κ2) is 6.39. The maximum absolute atomic E-state index is 5.15. The van der Waals surface area contributed by atoms with Gasteiger partial charge >= 0.3 is 0 Å². The molecule has 1 saturated heterocycles. The lowest BCUT2D eigenvalue weighted by molar-refractivity contribution is 0.627. The normalized spacial score (nSPS) is 22.4. The van der Waals surface area contributed by atoms with Gasteiger partial charge in [-0.05, 0) is 31.6 Å². The van der Waals surface area contributed by atoms with Crippen molar-refractivity contribution in [3.8, 4) is 12.3 Å². The minimum absolute atomic E-state index is 0.871. The van der Waals surface area contributed by atoms with Gasteiger partial charge in [-0.25, -0.2) is 0 Å². The molecule has 0 radical (unpaired) electrons. The Morgan fingerprint density at radius 2 is 2.50 bits per heavy atom. The van der Waals surface area contributed by atoms with Crippen LogP contribution in [0.1, 0.15) is 25.7 Å². The Balaban J connectivity index is 1.85. The molecule has 1 N–H and O–H groups in total. The fourth-order valence-corrected chi connectivity index (χ4v) is 2.62. The average Bonchev–Trinajstić information content (AvgIpc) is 2.57. The van der Waals surface area contributed by atoms with E-state index in [1.54, 1.807) is 0 Å². The first-order chi connectivity index (χ1) is 5.93. The van der Waals surface area contributed by atoms with Gasteiger partial charge in [0.1, 0.15) is 0 Å². The monoisotopic (exact) mass is 183 g/mol. The van der Waals surface area contributed by atoms with Crippen molar-refractivity contribution in [1.82, 2.24) is 5.32 Å². The van der Waals surface area contributed by atoms with Crippen molar-refractivity contribution >= 4 is 11.8 Å². The van der Waals surface area contributed by atoms with Crippen LogP contribution in [-0.4, -0.2) is 24.1 Å². The SMILES string of the molecule is C#CCCCNCC1CCCS1. The van der Waals surface area contributed by atoms with Gasteiger partial charge in [0.2, 0.25) is 0 Å². The molecule has 1 fully saturated rings. The van der Waals surface area contributed by atoms with Crippen LogP contribution >= 0.6 is 11.8 Å². The standard InChI is InChI=1S/C10H17NS/c1-2-3-4-7-11-9-10-6-5-8-12-10/h1,10-11H,3-9H2. The zero-order valence-corrected chi connectivity index (χ0v) is 8.33. The summed E-state index contributed by atoms with van der Waals surface area (Å²) in [5, 5.41) is 4.32. The van der Waals surface area contributed by atoms with E-state index in [0.717, 1.165) is 24.6 Å². The van der Waals surface area contributed by atoms with Crippen LogP contribution in [0, 0.1) is 12.3 Å². The minimum atomic E-state index is 0.871. The van der Waals surface area contributed by atoms with Gasteiger partial charge in [-0.15, -0.1) is 12.3 Å². The molecule has 0 aromatic heterocycles. The molecule has 0 bridgehead atoms. The summed E-state index contributed by atoms with van der Waals surface area (Å²) >= 11 is 2.10. The lowest BCUT2D eigenvalue weighted by atomic mass is 10.2. The topological polar surface area (TPSA) is 12.0 Å². The Morgan fingerprint density at radius 3 is 3.17 bits per heavy atom.